The molecule has 0 aromatic heterocycles. The monoisotopic (exact) mass is 298 g/mol. The molecule has 3 N–H and O–H groups in total. The molecule has 1 aromatic carbocycles. The van der Waals surface area contributed by atoms with E-state index in [0.717, 1.165) is 5.56 Å². The molecule has 5 nitrogen and oxygen atoms in total. The maximum absolute atomic E-state index is 11.7. The summed E-state index contributed by atoms with van der Waals surface area (Å²) in [5, 5.41) is 14.1. The van der Waals surface area contributed by atoms with Crippen LogP contribution in [0.25, 0.3) is 0 Å². The topological polar surface area (TPSA) is 78.4 Å². The Bertz CT molecular complexity index is 491. The Morgan fingerprint density at radius 3 is 2.65 bits per heavy atom. The average Bonchev–Trinajstić information content (AvgIpc) is 2.39. The molecule has 0 aliphatic carbocycles. The molecule has 0 aliphatic rings. The zero-order chi connectivity index (χ0) is 15.1. The molecule has 0 radical (unpaired) electrons. The van der Waals surface area contributed by atoms with Crippen molar-refractivity contribution in [2.75, 3.05) is 11.9 Å². The van der Waals surface area contributed by atoms with Crippen LogP contribution in [0.4, 0.5) is 5.69 Å². The molecule has 1 rings (SSSR count). The van der Waals surface area contributed by atoms with Gasteiger partial charge >= 0.3 is 11.8 Å². The number of anilines is 1. The number of amides is 2. The van der Waals surface area contributed by atoms with Gasteiger partial charge in [0.15, 0.2) is 0 Å². The molecule has 20 heavy (non-hydrogen) atoms. The maximum atomic E-state index is 11.7. The van der Waals surface area contributed by atoms with E-state index in [1.807, 2.05) is 6.92 Å². The van der Waals surface area contributed by atoms with Crippen LogP contribution in [0.15, 0.2) is 18.2 Å². The lowest BCUT2D eigenvalue weighted by Gasteiger charge is -2.13. The van der Waals surface area contributed by atoms with Gasteiger partial charge in [-0.25, -0.2) is 0 Å². The van der Waals surface area contributed by atoms with Crippen molar-refractivity contribution < 1.29 is 14.7 Å². The van der Waals surface area contributed by atoms with Crippen molar-refractivity contribution in [3.05, 3.63) is 28.8 Å². The van der Waals surface area contributed by atoms with Gasteiger partial charge in [0.05, 0.1) is 10.7 Å². The molecule has 0 aliphatic heterocycles. The minimum Gasteiger partial charge on any atom is -0.396 e. The summed E-state index contributed by atoms with van der Waals surface area (Å²) in [5.41, 5.74) is 1.37. The fourth-order valence-electron chi connectivity index (χ4n) is 1.66. The van der Waals surface area contributed by atoms with E-state index in [1.165, 1.54) is 0 Å². The van der Waals surface area contributed by atoms with Crippen LogP contribution in [0.1, 0.15) is 25.3 Å². The first-order valence-electron chi connectivity index (χ1n) is 6.43. The van der Waals surface area contributed by atoms with Gasteiger partial charge in [-0.1, -0.05) is 17.7 Å². The second-order valence-electron chi connectivity index (χ2n) is 4.68. The molecule has 0 heterocycles. The fourth-order valence-corrected chi connectivity index (χ4v) is 1.94. The Hall–Kier alpha value is -1.59. The van der Waals surface area contributed by atoms with Crippen LogP contribution in [0.2, 0.25) is 5.02 Å². The van der Waals surface area contributed by atoms with Gasteiger partial charge in [0.1, 0.15) is 0 Å². The zero-order valence-electron chi connectivity index (χ0n) is 11.6. The Kier molecular flexibility index (Phi) is 6.48. The summed E-state index contributed by atoms with van der Waals surface area (Å²) in [4.78, 5) is 23.4. The van der Waals surface area contributed by atoms with Crippen LogP contribution in [0.5, 0.6) is 0 Å². The summed E-state index contributed by atoms with van der Waals surface area (Å²) in [6, 6.07) is 4.98. The molecule has 0 saturated carbocycles. The van der Waals surface area contributed by atoms with Crippen LogP contribution in [0.3, 0.4) is 0 Å². The van der Waals surface area contributed by atoms with Crippen molar-refractivity contribution in [1.82, 2.24) is 5.32 Å². The van der Waals surface area contributed by atoms with E-state index in [0.29, 0.717) is 23.6 Å². The summed E-state index contributed by atoms with van der Waals surface area (Å²) in [7, 11) is 0. The first-order valence-corrected chi connectivity index (χ1v) is 6.80. The van der Waals surface area contributed by atoms with Crippen molar-refractivity contribution in [1.29, 1.82) is 0 Å². The van der Waals surface area contributed by atoms with E-state index in [9.17, 15) is 9.59 Å². The number of benzene rings is 1. The number of carbonyl (C=O) groups is 2. The zero-order valence-corrected chi connectivity index (χ0v) is 12.3. The van der Waals surface area contributed by atoms with Crippen molar-refractivity contribution in [2.45, 2.75) is 32.7 Å². The lowest BCUT2D eigenvalue weighted by Crippen LogP contribution is -2.40. The van der Waals surface area contributed by atoms with E-state index in [2.05, 4.69) is 10.6 Å². The third-order valence-electron chi connectivity index (χ3n) is 2.75. The predicted octanol–water partition coefficient (Wildman–Crippen LogP) is 1.86. The average molecular weight is 299 g/mol. The molecule has 110 valence electrons. The molecular weight excluding hydrogens is 280 g/mol. The van der Waals surface area contributed by atoms with Crippen LogP contribution >= 0.6 is 11.6 Å². The summed E-state index contributed by atoms with van der Waals surface area (Å²) in [6.07, 6.45) is 1.19. The molecule has 2 amide bonds. The van der Waals surface area contributed by atoms with Crippen LogP contribution < -0.4 is 10.6 Å². The Labute approximate surface area is 123 Å². The molecular formula is C14H19ClN2O3. The number of rotatable bonds is 5. The minimum absolute atomic E-state index is 0.0609. The second-order valence-corrected chi connectivity index (χ2v) is 5.08. The first-order chi connectivity index (χ1) is 9.43. The van der Waals surface area contributed by atoms with Crippen LogP contribution in [-0.4, -0.2) is 29.6 Å². The van der Waals surface area contributed by atoms with Gasteiger partial charge in [0, 0.05) is 12.6 Å². The highest BCUT2D eigenvalue weighted by Crippen LogP contribution is 2.22. The molecule has 6 heteroatoms. The predicted molar refractivity (Wildman–Crippen MR) is 78.7 cm³/mol. The maximum Gasteiger partial charge on any atom is 0.313 e. The number of aliphatic hydroxyl groups is 1. The molecule has 1 atom stereocenters. The first kappa shape index (κ1) is 16.5. The Morgan fingerprint density at radius 2 is 2.05 bits per heavy atom. The number of hydrogen-bond donors (Lipinski definition) is 3. The lowest BCUT2D eigenvalue weighted by atomic mass is 10.2. The van der Waals surface area contributed by atoms with Crippen LogP contribution in [0, 0.1) is 6.92 Å². The molecule has 1 unspecified atom stereocenters. The quantitative estimate of drug-likeness (QED) is 0.726. The smallest absolute Gasteiger partial charge is 0.313 e. The highest BCUT2D eigenvalue weighted by atomic mass is 35.5. The number of hydrogen-bond acceptors (Lipinski definition) is 3. The van der Waals surface area contributed by atoms with Gasteiger partial charge in [0.2, 0.25) is 0 Å². The SMILES string of the molecule is Cc1ccc(NC(=O)C(=O)NC(C)CCCO)c(Cl)c1. The van der Waals surface area contributed by atoms with Crippen LogP contribution in [-0.2, 0) is 9.59 Å². The summed E-state index contributed by atoms with van der Waals surface area (Å²) >= 11 is 5.98. The van der Waals surface area contributed by atoms with Gasteiger partial charge in [-0.3, -0.25) is 9.59 Å². The number of aliphatic hydroxyl groups excluding tert-OH is 1. The van der Waals surface area contributed by atoms with E-state index in [1.54, 1.807) is 25.1 Å². The van der Waals surface area contributed by atoms with Crippen molar-refractivity contribution in [2.24, 2.45) is 0 Å². The van der Waals surface area contributed by atoms with Gasteiger partial charge in [-0.15, -0.1) is 0 Å². The molecule has 1 aromatic rings. The van der Waals surface area contributed by atoms with Crippen molar-refractivity contribution in [3.63, 3.8) is 0 Å². The van der Waals surface area contributed by atoms with Gasteiger partial charge in [-0.2, -0.15) is 0 Å². The summed E-state index contributed by atoms with van der Waals surface area (Å²) < 4.78 is 0. The third-order valence-corrected chi connectivity index (χ3v) is 3.06. The highest BCUT2D eigenvalue weighted by molar-refractivity contribution is 6.41. The normalized spacial score (nSPS) is 11.8. The minimum atomic E-state index is -0.758. The fraction of sp³-hybridized carbons (Fsp3) is 0.429. The summed E-state index contributed by atoms with van der Waals surface area (Å²) in [6.45, 7) is 3.72. The number of carbonyl (C=O) groups excluding carboxylic acids is 2. The lowest BCUT2D eigenvalue weighted by molar-refractivity contribution is -0.136. The molecule has 0 spiro atoms. The standard InChI is InChI=1S/C14H19ClN2O3/c1-9-5-6-12(11(15)8-9)17-14(20)13(19)16-10(2)4-3-7-18/h5-6,8,10,18H,3-4,7H2,1-2H3,(H,16,19)(H,17,20). The second kappa shape index (κ2) is 7.87. The number of nitrogens with one attached hydrogen (secondary N) is 2. The Morgan fingerprint density at radius 1 is 1.35 bits per heavy atom. The van der Waals surface area contributed by atoms with Crippen molar-refractivity contribution in [3.8, 4) is 0 Å². The highest BCUT2D eigenvalue weighted by Gasteiger charge is 2.17. The Balaban J connectivity index is 2.55. The van der Waals surface area contributed by atoms with Crippen molar-refractivity contribution >= 4 is 29.1 Å². The number of aryl methyl sites for hydroxylation is 1. The van der Waals surface area contributed by atoms with Gasteiger partial charge < -0.3 is 15.7 Å². The van der Waals surface area contributed by atoms with Gasteiger partial charge in [-0.05, 0) is 44.4 Å². The molecule has 0 saturated heterocycles. The largest absolute Gasteiger partial charge is 0.396 e. The number of halogens is 1. The molecule has 0 fully saturated rings. The van der Waals surface area contributed by atoms with E-state index in [4.69, 9.17) is 16.7 Å². The third kappa shape index (κ3) is 5.19. The van der Waals surface area contributed by atoms with E-state index in [-0.39, 0.29) is 12.6 Å². The van der Waals surface area contributed by atoms with E-state index < -0.39 is 11.8 Å². The van der Waals surface area contributed by atoms with E-state index >= 15 is 0 Å². The summed E-state index contributed by atoms with van der Waals surface area (Å²) in [5.74, 6) is -1.47. The van der Waals surface area contributed by atoms with Gasteiger partial charge in [0.25, 0.3) is 0 Å². The molecule has 0 bridgehead atoms.